The largest absolute Gasteiger partial charge is 0.459 e. The average molecular weight is 481 g/mol. The Morgan fingerprint density at radius 2 is 2.00 bits per heavy atom. The Kier molecular flexibility index (Phi) is 5.50. The van der Waals surface area contributed by atoms with Crippen LogP contribution in [0.25, 0.3) is 32.9 Å². The van der Waals surface area contributed by atoms with Crippen molar-refractivity contribution < 1.29 is 4.42 Å². The van der Waals surface area contributed by atoms with Crippen LogP contribution >= 0.6 is 0 Å². The lowest BCUT2D eigenvalue weighted by atomic mass is 10.1. The van der Waals surface area contributed by atoms with Crippen molar-refractivity contribution in [2.75, 3.05) is 18.0 Å². The summed E-state index contributed by atoms with van der Waals surface area (Å²) in [5.74, 6) is 7.64. The molecule has 8 nitrogen and oxygen atoms in total. The molecule has 4 aromatic heterocycles. The SMILES string of the molecule is CC#CCn1c(N2CCCC(N)C2)nc2ccn(Cc3nc4cc(C)oc4c4ccccc34)c(=O)c21. The Morgan fingerprint density at radius 3 is 2.81 bits per heavy atom. The quantitative estimate of drug-likeness (QED) is 0.393. The van der Waals surface area contributed by atoms with Crippen LogP contribution in [0, 0.1) is 18.8 Å². The van der Waals surface area contributed by atoms with Crippen LogP contribution in [0.1, 0.15) is 31.2 Å². The lowest BCUT2D eigenvalue weighted by Crippen LogP contribution is -2.44. The van der Waals surface area contributed by atoms with Crippen LogP contribution in [0.5, 0.6) is 0 Å². The fraction of sp³-hybridized carbons (Fsp3) is 0.321. The third-order valence-corrected chi connectivity index (χ3v) is 6.90. The summed E-state index contributed by atoms with van der Waals surface area (Å²) in [6, 6.07) is 12.0. The van der Waals surface area contributed by atoms with Crippen LogP contribution in [0.2, 0.25) is 0 Å². The fourth-order valence-corrected chi connectivity index (χ4v) is 5.23. The van der Waals surface area contributed by atoms with Crippen LogP contribution in [0.4, 0.5) is 5.95 Å². The summed E-state index contributed by atoms with van der Waals surface area (Å²) in [5, 5.41) is 1.96. The van der Waals surface area contributed by atoms with Gasteiger partial charge in [-0.1, -0.05) is 30.2 Å². The van der Waals surface area contributed by atoms with Gasteiger partial charge in [-0.15, -0.1) is 5.92 Å². The average Bonchev–Trinajstić information content (AvgIpc) is 3.44. The Hall–Kier alpha value is -4.09. The van der Waals surface area contributed by atoms with Gasteiger partial charge < -0.3 is 19.6 Å². The highest BCUT2D eigenvalue weighted by Crippen LogP contribution is 2.29. The van der Waals surface area contributed by atoms with E-state index in [4.69, 9.17) is 20.1 Å². The van der Waals surface area contributed by atoms with E-state index in [1.54, 1.807) is 17.7 Å². The number of hydrogen-bond donors (Lipinski definition) is 1. The van der Waals surface area contributed by atoms with Gasteiger partial charge in [-0.3, -0.25) is 9.36 Å². The van der Waals surface area contributed by atoms with Crippen molar-refractivity contribution in [1.82, 2.24) is 19.1 Å². The van der Waals surface area contributed by atoms with E-state index in [0.29, 0.717) is 24.1 Å². The Bertz CT molecular complexity index is 1730. The standard InChI is InChI=1S/C28H28N6O2/c1-3-4-13-34-25-22(31-28(34)33-12-7-8-19(29)16-33)11-14-32(27(25)35)17-24-20-9-5-6-10-21(20)26-23(30-24)15-18(2)36-26/h5-6,9-11,14-15,19H,7-8,12-13,16-17,29H2,1-2H3. The summed E-state index contributed by atoms with van der Waals surface area (Å²) < 4.78 is 9.57. The molecule has 0 aliphatic carbocycles. The molecule has 0 saturated carbocycles. The Morgan fingerprint density at radius 1 is 1.17 bits per heavy atom. The summed E-state index contributed by atoms with van der Waals surface area (Å²) in [6.07, 6.45) is 3.81. The predicted molar refractivity (Wildman–Crippen MR) is 142 cm³/mol. The predicted octanol–water partition coefficient (Wildman–Crippen LogP) is 3.80. The smallest absolute Gasteiger partial charge is 0.277 e. The van der Waals surface area contributed by atoms with Gasteiger partial charge in [0.15, 0.2) is 5.58 Å². The summed E-state index contributed by atoms with van der Waals surface area (Å²) in [5.41, 5.74) is 9.75. The molecule has 0 spiro atoms. The molecular formula is C28H28N6O2. The molecule has 0 bridgehead atoms. The molecule has 5 aromatic rings. The van der Waals surface area contributed by atoms with Crippen LogP contribution < -0.4 is 16.2 Å². The molecule has 182 valence electrons. The van der Waals surface area contributed by atoms with E-state index in [2.05, 4.69) is 16.7 Å². The van der Waals surface area contributed by atoms with Crippen molar-refractivity contribution in [3.63, 3.8) is 0 Å². The summed E-state index contributed by atoms with van der Waals surface area (Å²) in [6.45, 7) is 6.04. The number of furan rings is 1. The summed E-state index contributed by atoms with van der Waals surface area (Å²) in [4.78, 5) is 25.8. The van der Waals surface area contributed by atoms with Crippen molar-refractivity contribution in [2.45, 2.75) is 45.8 Å². The van der Waals surface area contributed by atoms with Crippen LogP contribution in [-0.4, -0.2) is 38.2 Å². The first-order chi connectivity index (χ1) is 17.5. The van der Waals surface area contributed by atoms with Gasteiger partial charge in [0.1, 0.15) is 16.8 Å². The number of imidazole rings is 1. The number of nitrogens with zero attached hydrogens (tertiary/aromatic N) is 5. The molecule has 0 amide bonds. The summed E-state index contributed by atoms with van der Waals surface area (Å²) >= 11 is 0. The topological polar surface area (TPSA) is 95.1 Å². The number of fused-ring (bicyclic) bond motifs is 4. The van der Waals surface area contributed by atoms with Gasteiger partial charge in [0.2, 0.25) is 5.95 Å². The van der Waals surface area contributed by atoms with Crippen molar-refractivity contribution in [1.29, 1.82) is 0 Å². The molecule has 1 saturated heterocycles. The lowest BCUT2D eigenvalue weighted by Gasteiger charge is -2.31. The molecule has 6 rings (SSSR count). The van der Waals surface area contributed by atoms with E-state index in [0.717, 1.165) is 65.2 Å². The highest BCUT2D eigenvalue weighted by Gasteiger charge is 2.24. The molecule has 1 atom stereocenters. The number of anilines is 1. The minimum Gasteiger partial charge on any atom is -0.459 e. The minimum atomic E-state index is -0.111. The second-order valence-corrected chi connectivity index (χ2v) is 9.43. The highest BCUT2D eigenvalue weighted by molar-refractivity contribution is 6.03. The number of aromatic nitrogens is 4. The Labute approximate surface area is 208 Å². The van der Waals surface area contributed by atoms with E-state index in [9.17, 15) is 4.79 Å². The molecule has 1 aliphatic rings. The first-order valence-electron chi connectivity index (χ1n) is 12.3. The molecular weight excluding hydrogens is 452 g/mol. The zero-order chi connectivity index (χ0) is 24.8. The number of hydrogen-bond acceptors (Lipinski definition) is 6. The zero-order valence-electron chi connectivity index (χ0n) is 20.5. The normalized spacial score (nSPS) is 16.1. The monoisotopic (exact) mass is 480 g/mol. The van der Waals surface area contributed by atoms with E-state index < -0.39 is 0 Å². The van der Waals surface area contributed by atoms with Gasteiger partial charge in [-0.05, 0) is 32.8 Å². The molecule has 2 N–H and O–H groups in total. The number of aryl methyl sites for hydroxylation is 1. The number of pyridine rings is 2. The maximum atomic E-state index is 13.8. The number of nitrogens with two attached hydrogens (primary N) is 1. The molecule has 36 heavy (non-hydrogen) atoms. The molecule has 1 aliphatic heterocycles. The summed E-state index contributed by atoms with van der Waals surface area (Å²) in [7, 11) is 0. The van der Waals surface area contributed by atoms with Crippen LogP contribution in [0.3, 0.4) is 0 Å². The van der Waals surface area contributed by atoms with Gasteiger partial charge in [-0.25, -0.2) is 9.97 Å². The Balaban J connectivity index is 1.49. The fourth-order valence-electron chi connectivity index (χ4n) is 5.23. The zero-order valence-corrected chi connectivity index (χ0v) is 20.5. The van der Waals surface area contributed by atoms with Crippen molar-refractivity contribution >= 4 is 38.9 Å². The van der Waals surface area contributed by atoms with Gasteiger partial charge >= 0.3 is 0 Å². The van der Waals surface area contributed by atoms with E-state index >= 15 is 0 Å². The molecule has 1 unspecified atom stereocenters. The molecule has 1 fully saturated rings. The molecule has 5 heterocycles. The van der Waals surface area contributed by atoms with Gasteiger partial charge in [0, 0.05) is 42.2 Å². The minimum absolute atomic E-state index is 0.0989. The van der Waals surface area contributed by atoms with Crippen molar-refractivity contribution in [2.24, 2.45) is 5.73 Å². The number of piperidine rings is 1. The van der Waals surface area contributed by atoms with E-state index in [1.807, 2.05) is 47.9 Å². The van der Waals surface area contributed by atoms with Crippen LogP contribution in [0.15, 0.2) is 51.8 Å². The molecule has 1 aromatic carbocycles. The first-order valence-corrected chi connectivity index (χ1v) is 12.3. The van der Waals surface area contributed by atoms with Gasteiger partial charge in [-0.2, -0.15) is 0 Å². The second-order valence-electron chi connectivity index (χ2n) is 9.43. The van der Waals surface area contributed by atoms with Crippen LogP contribution in [-0.2, 0) is 13.1 Å². The first kappa shape index (κ1) is 22.4. The van der Waals surface area contributed by atoms with Crippen molar-refractivity contribution in [3.05, 3.63) is 64.4 Å². The molecule has 8 heteroatoms. The lowest BCUT2D eigenvalue weighted by molar-refractivity contribution is 0.496. The van der Waals surface area contributed by atoms with Gasteiger partial charge in [0.05, 0.1) is 24.3 Å². The van der Waals surface area contributed by atoms with E-state index in [1.165, 1.54) is 0 Å². The number of rotatable bonds is 4. The third-order valence-electron chi connectivity index (χ3n) is 6.90. The van der Waals surface area contributed by atoms with Crippen molar-refractivity contribution in [3.8, 4) is 11.8 Å². The molecule has 0 radical (unpaired) electrons. The maximum absolute atomic E-state index is 13.8. The second kappa shape index (κ2) is 8.85. The van der Waals surface area contributed by atoms with Gasteiger partial charge in [0.25, 0.3) is 5.56 Å². The van der Waals surface area contributed by atoms with E-state index in [-0.39, 0.29) is 11.6 Å². The third kappa shape index (κ3) is 3.73. The number of benzene rings is 1. The maximum Gasteiger partial charge on any atom is 0.277 e. The highest BCUT2D eigenvalue weighted by atomic mass is 16.3.